The molecular formula is C13H26N2O3S. The van der Waals surface area contributed by atoms with E-state index in [2.05, 4.69) is 12.2 Å². The molecule has 0 radical (unpaired) electrons. The summed E-state index contributed by atoms with van der Waals surface area (Å²) in [4.78, 5) is 0. The van der Waals surface area contributed by atoms with Crippen LogP contribution in [-0.2, 0) is 14.8 Å². The summed E-state index contributed by atoms with van der Waals surface area (Å²) in [7, 11) is -3.15. The zero-order valence-electron chi connectivity index (χ0n) is 11.8. The first-order valence-electron chi connectivity index (χ1n) is 7.46. The number of hydrogen-bond donors (Lipinski definition) is 1. The van der Waals surface area contributed by atoms with Gasteiger partial charge in [0.05, 0.1) is 11.4 Å². The van der Waals surface area contributed by atoms with Crippen molar-refractivity contribution in [1.82, 2.24) is 9.62 Å². The third kappa shape index (κ3) is 3.90. The largest absolute Gasteiger partial charge is 0.377 e. The van der Waals surface area contributed by atoms with Crippen LogP contribution in [0.3, 0.4) is 0 Å². The Morgan fingerprint density at radius 2 is 2.16 bits per heavy atom. The monoisotopic (exact) mass is 290 g/mol. The molecular weight excluding hydrogens is 264 g/mol. The molecule has 2 aliphatic rings. The van der Waals surface area contributed by atoms with Gasteiger partial charge in [-0.05, 0) is 38.6 Å². The molecule has 6 heteroatoms. The lowest BCUT2D eigenvalue weighted by Gasteiger charge is -2.35. The van der Waals surface area contributed by atoms with E-state index in [1.807, 2.05) is 0 Å². The van der Waals surface area contributed by atoms with Crippen molar-refractivity contribution in [3.63, 3.8) is 0 Å². The Morgan fingerprint density at radius 1 is 1.32 bits per heavy atom. The molecule has 0 aromatic carbocycles. The van der Waals surface area contributed by atoms with Crippen LogP contribution in [0.2, 0.25) is 0 Å². The highest BCUT2D eigenvalue weighted by molar-refractivity contribution is 7.89. The van der Waals surface area contributed by atoms with Gasteiger partial charge in [-0.2, -0.15) is 4.31 Å². The van der Waals surface area contributed by atoms with Crippen molar-refractivity contribution in [2.45, 2.75) is 50.4 Å². The molecule has 2 fully saturated rings. The molecule has 0 saturated carbocycles. The summed E-state index contributed by atoms with van der Waals surface area (Å²) in [6, 6.07) is 0. The Morgan fingerprint density at radius 3 is 2.84 bits per heavy atom. The molecule has 0 aromatic heterocycles. The first-order chi connectivity index (χ1) is 9.14. The maximum absolute atomic E-state index is 12.6. The van der Waals surface area contributed by atoms with Crippen molar-refractivity contribution in [3.8, 4) is 0 Å². The molecule has 2 heterocycles. The maximum atomic E-state index is 12.6. The van der Waals surface area contributed by atoms with Crippen LogP contribution >= 0.6 is 0 Å². The third-order valence-electron chi connectivity index (χ3n) is 3.93. The second-order valence-corrected chi connectivity index (χ2v) is 7.72. The zero-order chi connectivity index (χ0) is 13.7. The van der Waals surface area contributed by atoms with E-state index in [4.69, 9.17) is 4.74 Å². The zero-order valence-corrected chi connectivity index (χ0v) is 12.6. The fraction of sp³-hybridized carbons (Fsp3) is 1.00. The van der Waals surface area contributed by atoms with E-state index >= 15 is 0 Å². The Balaban J connectivity index is 1.95. The van der Waals surface area contributed by atoms with Gasteiger partial charge in [-0.1, -0.05) is 6.92 Å². The molecule has 0 aliphatic carbocycles. The van der Waals surface area contributed by atoms with Crippen LogP contribution in [-0.4, -0.2) is 56.9 Å². The number of piperidine rings is 2. The second kappa shape index (κ2) is 7.02. The summed E-state index contributed by atoms with van der Waals surface area (Å²) in [5.41, 5.74) is 0. The topological polar surface area (TPSA) is 58.6 Å². The van der Waals surface area contributed by atoms with Gasteiger partial charge in [0.1, 0.15) is 0 Å². The van der Waals surface area contributed by atoms with E-state index in [1.54, 1.807) is 4.31 Å². The molecule has 0 spiro atoms. The second-order valence-electron chi connectivity index (χ2n) is 5.51. The summed E-state index contributed by atoms with van der Waals surface area (Å²) < 4.78 is 32.6. The van der Waals surface area contributed by atoms with Crippen LogP contribution in [0.5, 0.6) is 0 Å². The first kappa shape index (κ1) is 15.2. The van der Waals surface area contributed by atoms with Crippen molar-refractivity contribution in [2.75, 3.05) is 32.8 Å². The fourth-order valence-corrected chi connectivity index (χ4v) is 4.81. The van der Waals surface area contributed by atoms with Gasteiger partial charge in [0.25, 0.3) is 0 Å². The summed E-state index contributed by atoms with van der Waals surface area (Å²) >= 11 is 0. The van der Waals surface area contributed by atoms with Crippen LogP contribution in [0, 0.1) is 0 Å². The normalized spacial score (nSPS) is 30.4. The van der Waals surface area contributed by atoms with Gasteiger partial charge in [0, 0.05) is 26.2 Å². The average Bonchev–Trinajstić information content (AvgIpc) is 2.46. The highest BCUT2D eigenvalue weighted by Crippen LogP contribution is 2.22. The number of ether oxygens (including phenoxy) is 1. The van der Waals surface area contributed by atoms with Crippen LogP contribution < -0.4 is 5.32 Å². The average molecular weight is 290 g/mol. The van der Waals surface area contributed by atoms with E-state index in [1.165, 1.54) is 0 Å². The summed E-state index contributed by atoms with van der Waals surface area (Å²) in [5, 5.41) is 2.94. The fourth-order valence-electron chi connectivity index (χ4n) is 2.84. The van der Waals surface area contributed by atoms with Gasteiger partial charge in [-0.25, -0.2) is 8.42 Å². The van der Waals surface area contributed by atoms with Crippen LogP contribution in [0.1, 0.15) is 39.0 Å². The van der Waals surface area contributed by atoms with Gasteiger partial charge in [0.2, 0.25) is 10.0 Å². The minimum absolute atomic E-state index is 0.0834. The van der Waals surface area contributed by atoms with Crippen LogP contribution in [0.4, 0.5) is 0 Å². The van der Waals surface area contributed by atoms with E-state index in [0.717, 1.165) is 45.3 Å². The van der Waals surface area contributed by atoms with E-state index in [9.17, 15) is 8.42 Å². The predicted molar refractivity (Wildman–Crippen MR) is 75.6 cm³/mol. The minimum atomic E-state index is -3.15. The Kier molecular flexibility index (Phi) is 5.62. The van der Waals surface area contributed by atoms with Crippen molar-refractivity contribution >= 4 is 10.0 Å². The van der Waals surface area contributed by atoms with Crippen molar-refractivity contribution in [2.24, 2.45) is 0 Å². The summed E-state index contributed by atoms with van der Waals surface area (Å²) in [6.07, 6.45) is 4.69. The quantitative estimate of drug-likeness (QED) is 0.819. The molecule has 2 aliphatic heterocycles. The molecule has 2 atom stereocenters. The number of nitrogens with zero attached hydrogens (tertiary/aromatic N) is 1. The number of nitrogens with one attached hydrogen (secondary N) is 1. The molecule has 112 valence electrons. The summed E-state index contributed by atoms with van der Waals surface area (Å²) in [6.45, 7) is 5.53. The Bertz CT molecular complexity index is 366. The van der Waals surface area contributed by atoms with Gasteiger partial charge in [0.15, 0.2) is 0 Å². The molecule has 5 nitrogen and oxygen atoms in total. The molecule has 0 aromatic rings. The highest BCUT2D eigenvalue weighted by atomic mass is 32.2. The first-order valence-corrected chi connectivity index (χ1v) is 8.96. The molecule has 0 amide bonds. The number of hydrogen-bond acceptors (Lipinski definition) is 4. The minimum Gasteiger partial charge on any atom is -0.377 e. The van der Waals surface area contributed by atoms with Crippen LogP contribution in [0.15, 0.2) is 0 Å². The Labute approximate surface area is 116 Å². The lowest BCUT2D eigenvalue weighted by Crippen LogP contribution is -2.50. The predicted octanol–water partition coefficient (Wildman–Crippen LogP) is 0.959. The molecule has 2 unspecified atom stereocenters. The number of rotatable bonds is 5. The van der Waals surface area contributed by atoms with E-state index in [-0.39, 0.29) is 11.4 Å². The van der Waals surface area contributed by atoms with Gasteiger partial charge in [-0.15, -0.1) is 0 Å². The van der Waals surface area contributed by atoms with Crippen molar-refractivity contribution in [1.29, 1.82) is 0 Å². The van der Waals surface area contributed by atoms with E-state index in [0.29, 0.717) is 19.6 Å². The summed E-state index contributed by atoms with van der Waals surface area (Å²) in [5.74, 6) is 0. The Hall–Kier alpha value is -0.170. The third-order valence-corrected chi connectivity index (χ3v) is 6.23. The maximum Gasteiger partial charge on any atom is 0.218 e. The molecule has 19 heavy (non-hydrogen) atoms. The highest BCUT2D eigenvalue weighted by Gasteiger charge is 2.35. The van der Waals surface area contributed by atoms with Gasteiger partial charge < -0.3 is 10.1 Å². The number of sulfonamides is 1. The SMILES string of the molecule is CCCOC1CCCN(S(=O)(=O)C2CCCNC2)C1. The van der Waals surface area contributed by atoms with Crippen molar-refractivity contribution < 1.29 is 13.2 Å². The van der Waals surface area contributed by atoms with Crippen molar-refractivity contribution in [3.05, 3.63) is 0 Å². The smallest absolute Gasteiger partial charge is 0.218 e. The lowest BCUT2D eigenvalue weighted by atomic mass is 10.1. The van der Waals surface area contributed by atoms with Gasteiger partial charge >= 0.3 is 0 Å². The molecule has 2 saturated heterocycles. The molecule has 2 rings (SSSR count). The molecule has 0 bridgehead atoms. The molecule has 1 N–H and O–H groups in total. The van der Waals surface area contributed by atoms with Crippen LogP contribution in [0.25, 0.3) is 0 Å². The lowest BCUT2D eigenvalue weighted by molar-refractivity contribution is 0.0191. The standard InChI is InChI=1S/C13H26N2O3S/c1-2-9-18-12-5-4-8-15(11-12)19(16,17)13-6-3-7-14-10-13/h12-14H,2-11H2,1H3. The van der Waals surface area contributed by atoms with Gasteiger partial charge in [-0.3, -0.25) is 0 Å². The van der Waals surface area contributed by atoms with E-state index < -0.39 is 10.0 Å².